The van der Waals surface area contributed by atoms with Crippen molar-refractivity contribution in [3.05, 3.63) is 12.7 Å². The van der Waals surface area contributed by atoms with E-state index in [1.807, 2.05) is 6.08 Å². The van der Waals surface area contributed by atoms with Gasteiger partial charge >= 0.3 is 0 Å². The van der Waals surface area contributed by atoms with E-state index in [9.17, 15) is 0 Å². The minimum absolute atomic E-state index is 0.397. The predicted octanol–water partition coefficient (Wildman–Crippen LogP) is 0.596. The molecule has 1 rings (SSSR count). The summed E-state index contributed by atoms with van der Waals surface area (Å²) in [5.41, 5.74) is 5.78. The second-order valence-electron chi connectivity index (χ2n) is 2.95. The van der Waals surface area contributed by atoms with Crippen LogP contribution in [-0.4, -0.2) is 30.6 Å². The Morgan fingerprint density at radius 3 is 3.10 bits per heavy atom. The molecule has 0 saturated carbocycles. The van der Waals surface area contributed by atoms with E-state index >= 15 is 0 Å². The van der Waals surface area contributed by atoms with Crippen molar-refractivity contribution < 1.29 is 0 Å². The van der Waals surface area contributed by atoms with Crippen molar-refractivity contribution in [3.63, 3.8) is 0 Å². The van der Waals surface area contributed by atoms with Crippen molar-refractivity contribution in [3.8, 4) is 0 Å². The molecule has 1 unspecified atom stereocenters. The Morgan fingerprint density at radius 1 is 1.70 bits per heavy atom. The van der Waals surface area contributed by atoms with E-state index in [1.54, 1.807) is 0 Å². The highest BCUT2D eigenvalue weighted by Crippen LogP contribution is 2.06. The van der Waals surface area contributed by atoms with Gasteiger partial charge in [-0.2, -0.15) is 0 Å². The molecule has 1 aliphatic heterocycles. The maximum Gasteiger partial charge on any atom is 0.0168 e. The molecule has 0 radical (unpaired) electrons. The third-order valence-corrected chi connectivity index (χ3v) is 1.93. The van der Waals surface area contributed by atoms with E-state index in [-0.39, 0.29) is 0 Å². The summed E-state index contributed by atoms with van der Waals surface area (Å²) in [6.07, 6.45) is 4.38. The summed E-state index contributed by atoms with van der Waals surface area (Å²) in [6.45, 7) is 6.93. The van der Waals surface area contributed by atoms with Crippen LogP contribution in [0.4, 0.5) is 0 Å². The first-order chi connectivity index (χ1) is 4.83. The van der Waals surface area contributed by atoms with Crippen LogP contribution < -0.4 is 5.73 Å². The molecule has 0 bridgehead atoms. The van der Waals surface area contributed by atoms with Gasteiger partial charge in [-0.1, -0.05) is 6.08 Å². The first-order valence-electron chi connectivity index (χ1n) is 3.92. The van der Waals surface area contributed by atoms with Gasteiger partial charge in [-0.05, 0) is 19.4 Å². The molecule has 2 nitrogen and oxygen atoms in total. The minimum Gasteiger partial charge on any atom is -0.327 e. The van der Waals surface area contributed by atoms with Crippen LogP contribution in [0.3, 0.4) is 0 Å². The zero-order valence-electron chi connectivity index (χ0n) is 6.42. The molecule has 1 heterocycles. The van der Waals surface area contributed by atoms with Crippen molar-refractivity contribution in [2.75, 3.05) is 19.6 Å². The molecule has 1 fully saturated rings. The SMILES string of the molecule is C=CCN1CCCC(N)C1. The van der Waals surface area contributed by atoms with Gasteiger partial charge in [-0.25, -0.2) is 0 Å². The molecule has 1 atom stereocenters. The van der Waals surface area contributed by atoms with Crippen LogP contribution in [0.2, 0.25) is 0 Å². The normalized spacial score (nSPS) is 28.3. The number of likely N-dealkylation sites (tertiary alicyclic amines) is 1. The summed E-state index contributed by atoms with van der Waals surface area (Å²) in [7, 11) is 0. The van der Waals surface area contributed by atoms with Gasteiger partial charge < -0.3 is 5.73 Å². The lowest BCUT2D eigenvalue weighted by molar-refractivity contribution is 0.229. The molecule has 0 aromatic heterocycles. The topological polar surface area (TPSA) is 29.3 Å². The highest BCUT2D eigenvalue weighted by molar-refractivity contribution is 4.80. The highest BCUT2D eigenvalue weighted by atomic mass is 15.1. The quantitative estimate of drug-likeness (QED) is 0.569. The zero-order valence-corrected chi connectivity index (χ0v) is 6.42. The Balaban J connectivity index is 2.24. The van der Waals surface area contributed by atoms with Crippen molar-refractivity contribution in [1.29, 1.82) is 0 Å². The van der Waals surface area contributed by atoms with Crippen molar-refractivity contribution in [1.82, 2.24) is 4.90 Å². The Morgan fingerprint density at radius 2 is 2.50 bits per heavy atom. The molecular weight excluding hydrogens is 124 g/mol. The van der Waals surface area contributed by atoms with Gasteiger partial charge in [0.25, 0.3) is 0 Å². The predicted molar refractivity (Wildman–Crippen MR) is 43.8 cm³/mol. The largest absolute Gasteiger partial charge is 0.327 e. The highest BCUT2D eigenvalue weighted by Gasteiger charge is 2.14. The standard InChI is InChI=1S/C8H16N2/c1-2-5-10-6-3-4-8(9)7-10/h2,8H,1,3-7,9H2. The Bertz CT molecular complexity index is 112. The summed E-state index contributed by atoms with van der Waals surface area (Å²) in [4.78, 5) is 2.35. The van der Waals surface area contributed by atoms with Crippen LogP contribution in [0.25, 0.3) is 0 Å². The summed E-state index contributed by atoms with van der Waals surface area (Å²) in [5, 5.41) is 0. The van der Waals surface area contributed by atoms with Crippen LogP contribution in [-0.2, 0) is 0 Å². The number of nitrogens with zero attached hydrogens (tertiary/aromatic N) is 1. The number of nitrogens with two attached hydrogens (primary N) is 1. The molecule has 0 aromatic rings. The van der Waals surface area contributed by atoms with Crippen LogP contribution >= 0.6 is 0 Å². The molecule has 2 N–H and O–H groups in total. The molecule has 1 saturated heterocycles. The fraction of sp³-hybridized carbons (Fsp3) is 0.750. The monoisotopic (exact) mass is 140 g/mol. The molecule has 0 amide bonds. The van der Waals surface area contributed by atoms with E-state index in [0.717, 1.165) is 13.1 Å². The molecule has 0 aromatic carbocycles. The number of hydrogen-bond acceptors (Lipinski definition) is 2. The van der Waals surface area contributed by atoms with Crippen LogP contribution in [0.1, 0.15) is 12.8 Å². The third kappa shape index (κ3) is 2.12. The Hall–Kier alpha value is -0.340. The summed E-state index contributed by atoms with van der Waals surface area (Å²) < 4.78 is 0. The summed E-state index contributed by atoms with van der Waals surface area (Å²) in [5.74, 6) is 0. The maximum atomic E-state index is 5.78. The third-order valence-electron chi connectivity index (χ3n) is 1.93. The molecule has 0 spiro atoms. The first kappa shape index (κ1) is 7.76. The lowest BCUT2D eigenvalue weighted by atomic mass is 10.1. The van der Waals surface area contributed by atoms with E-state index in [0.29, 0.717) is 6.04 Å². The number of rotatable bonds is 2. The van der Waals surface area contributed by atoms with Crippen LogP contribution in [0.15, 0.2) is 12.7 Å². The average molecular weight is 140 g/mol. The smallest absolute Gasteiger partial charge is 0.0168 e. The van der Waals surface area contributed by atoms with E-state index < -0.39 is 0 Å². The Kier molecular flexibility index (Phi) is 2.90. The Labute approximate surface area is 62.7 Å². The minimum atomic E-state index is 0.397. The van der Waals surface area contributed by atoms with Gasteiger partial charge in [0, 0.05) is 19.1 Å². The van der Waals surface area contributed by atoms with Gasteiger partial charge in [0.2, 0.25) is 0 Å². The zero-order chi connectivity index (χ0) is 7.40. The molecule has 1 aliphatic rings. The fourth-order valence-electron chi connectivity index (χ4n) is 1.44. The van der Waals surface area contributed by atoms with Gasteiger partial charge in [-0.15, -0.1) is 6.58 Å². The lowest BCUT2D eigenvalue weighted by Crippen LogP contribution is -2.42. The van der Waals surface area contributed by atoms with Crippen LogP contribution in [0.5, 0.6) is 0 Å². The molecule has 10 heavy (non-hydrogen) atoms. The van der Waals surface area contributed by atoms with Crippen molar-refractivity contribution in [2.45, 2.75) is 18.9 Å². The number of piperidine rings is 1. The van der Waals surface area contributed by atoms with Crippen molar-refractivity contribution >= 4 is 0 Å². The van der Waals surface area contributed by atoms with E-state index in [1.165, 1.54) is 19.4 Å². The van der Waals surface area contributed by atoms with Gasteiger partial charge in [0.1, 0.15) is 0 Å². The maximum absolute atomic E-state index is 5.78. The van der Waals surface area contributed by atoms with Gasteiger partial charge in [0.05, 0.1) is 0 Å². The van der Waals surface area contributed by atoms with Gasteiger partial charge in [-0.3, -0.25) is 4.90 Å². The van der Waals surface area contributed by atoms with E-state index in [2.05, 4.69) is 11.5 Å². The summed E-state index contributed by atoms with van der Waals surface area (Å²) >= 11 is 0. The molecule has 2 heteroatoms. The van der Waals surface area contributed by atoms with Crippen molar-refractivity contribution in [2.24, 2.45) is 5.73 Å². The van der Waals surface area contributed by atoms with E-state index in [4.69, 9.17) is 5.73 Å². The fourth-order valence-corrected chi connectivity index (χ4v) is 1.44. The number of hydrogen-bond donors (Lipinski definition) is 1. The first-order valence-corrected chi connectivity index (χ1v) is 3.92. The van der Waals surface area contributed by atoms with Crippen LogP contribution in [0, 0.1) is 0 Å². The lowest BCUT2D eigenvalue weighted by Gasteiger charge is -2.29. The molecular formula is C8H16N2. The second kappa shape index (κ2) is 3.74. The molecule has 58 valence electrons. The average Bonchev–Trinajstić information content (AvgIpc) is 1.88. The second-order valence-corrected chi connectivity index (χ2v) is 2.95. The molecule has 0 aliphatic carbocycles. The van der Waals surface area contributed by atoms with Gasteiger partial charge in [0.15, 0.2) is 0 Å². The summed E-state index contributed by atoms with van der Waals surface area (Å²) in [6, 6.07) is 0.397.